The Morgan fingerprint density at radius 3 is 2.58 bits per heavy atom. The summed E-state index contributed by atoms with van der Waals surface area (Å²) in [5.41, 5.74) is -1.00. The number of benzene rings is 1. The third-order valence-corrected chi connectivity index (χ3v) is 3.20. The van der Waals surface area contributed by atoms with Crippen LogP contribution in [0.15, 0.2) is 30.5 Å². The highest BCUT2D eigenvalue weighted by atomic mass is 35.5. The molecule has 24 heavy (non-hydrogen) atoms. The minimum absolute atomic E-state index is 0.114. The second-order valence-electron chi connectivity index (χ2n) is 4.63. The molecule has 2 aromatic rings. The van der Waals surface area contributed by atoms with Crippen LogP contribution in [0.4, 0.5) is 13.2 Å². The predicted octanol–water partition coefficient (Wildman–Crippen LogP) is 3.73. The number of nitrogens with zero attached hydrogens (tertiary/aromatic N) is 1. The van der Waals surface area contributed by atoms with Crippen LogP contribution in [0.2, 0.25) is 5.02 Å². The molecule has 0 aliphatic carbocycles. The van der Waals surface area contributed by atoms with Crippen molar-refractivity contribution >= 4 is 17.6 Å². The summed E-state index contributed by atoms with van der Waals surface area (Å²) < 4.78 is 53.0. The van der Waals surface area contributed by atoms with Gasteiger partial charge in [-0.15, -0.1) is 0 Å². The number of halogens is 4. The lowest BCUT2D eigenvalue weighted by atomic mass is 10.3. The third kappa shape index (κ3) is 3.16. The van der Waals surface area contributed by atoms with Crippen molar-refractivity contribution in [3.63, 3.8) is 0 Å². The number of pyridine rings is 1. The lowest BCUT2D eigenvalue weighted by Gasteiger charge is -2.10. The molecule has 1 aliphatic rings. The second-order valence-corrected chi connectivity index (χ2v) is 5.03. The van der Waals surface area contributed by atoms with Crippen molar-refractivity contribution in [2.45, 2.75) is 12.5 Å². The number of hydrogen-bond acceptors (Lipinski definition) is 5. The molecule has 0 amide bonds. The highest BCUT2D eigenvalue weighted by Crippen LogP contribution is 2.40. The molecule has 0 saturated heterocycles. The summed E-state index contributed by atoms with van der Waals surface area (Å²) in [4.78, 5) is 14.3. The molecule has 6 nitrogen and oxygen atoms in total. The lowest BCUT2D eigenvalue weighted by Crippen LogP contribution is -2.28. The summed E-state index contributed by atoms with van der Waals surface area (Å²) in [6, 6.07) is 4.80. The van der Waals surface area contributed by atoms with Gasteiger partial charge >= 0.3 is 18.4 Å². The quantitative estimate of drug-likeness (QED) is 0.897. The van der Waals surface area contributed by atoms with Crippen LogP contribution >= 0.6 is 11.6 Å². The van der Waals surface area contributed by atoms with Crippen molar-refractivity contribution in [3.05, 3.63) is 41.0 Å². The van der Waals surface area contributed by atoms with E-state index in [1.807, 2.05) is 0 Å². The smallest absolute Gasteiger partial charge is 0.417 e. The van der Waals surface area contributed by atoms with Crippen molar-refractivity contribution in [2.75, 3.05) is 0 Å². The van der Waals surface area contributed by atoms with Crippen molar-refractivity contribution in [1.29, 1.82) is 0 Å². The normalized spacial score (nSPS) is 16.1. The Morgan fingerprint density at radius 2 is 1.96 bits per heavy atom. The number of alkyl halides is 3. The van der Waals surface area contributed by atoms with Crippen LogP contribution in [0.25, 0.3) is 0 Å². The van der Waals surface area contributed by atoms with Crippen molar-refractivity contribution < 1.29 is 37.3 Å². The van der Waals surface area contributed by atoms with E-state index in [4.69, 9.17) is 30.9 Å². The first-order valence-electron chi connectivity index (χ1n) is 6.35. The highest BCUT2D eigenvalue weighted by molar-refractivity contribution is 6.31. The number of aliphatic carboxylic acids is 1. The maximum Gasteiger partial charge on any atom is 0.417 e. The molecule has 0 fully saturated rings. The van der Waals surface area contributed by atoms with Gasteiger partial charge in [0.05, 0.1) is 5.56 Å². The van der Waals surface area contributed by atoms with Gasteiger partial charge in [0.15, 0.2) is 11.5 Å². The molecule has 1 aromatic carbocycles. The first-order chi connectivity index (χ1) is 11.2. The van der Waals surface area contributed by atoms with E-state index in [0.717, 1.165) is 0 Å². The molecule has 0 saturated carbocycles. The minimum Gasteiger partial charge on any atom is -0.476 e. The summed E-state index contributed by atoms with van der Waals surface area (Å²) in [7, 11) is 0. The van der Waals surface area contributed by atoms with Crippen LogP contribution < -0.4 is 14.2 Å². The number of hydrogen-bond donors (Lipinski definition) is 1. The molecule has 0 spiro atoms. The van der Waals surface area contributed by atoms with Gasteiger partial charge in [-0.05, 0) is 18.2 Å². The molecule has 1 aromatic heterocycles. The predicted molar refractivity (Wildman–Crippen MR) is 73.4 cm³/mol. The van der Waals surface area contributed by atoms with Gasteiger partial charge < -0.3 is 19.3 Å². The van der Waals surface area contributed by atoms with Crippen molar-refractivity contribution in [1.82, 2.24) is 4.98 Å². The molecule has 0 radical (unpaired) electrons. The summed E-state index contributed by atoms with van der Waals surface area (Å²) in [6.07, 6.45) is -5.45. The molecule has 1 N–H and O–H groups in total. The van der Waals surface area contributed by atoms with Gasteiger partial charge in [-0.1, -0.05) is 11.6 Å². The maximum atomic E-state index is 12.6. The maximum absolute atomic E-state index is 12.6. The monoisotopic (exact) mass is 361 g/mol. The number of ether oxygens (including phenoxy) is 3. The van der Waals surface area contributed by atoms with Crippen LogP contribution in [0.1, 0.15) is 5.56 Å². The van der Waals surface area contributed by atoms with Gasteiger partial charge in [-0.3, -0.25) is 0 Å². The summed E-state index contributed by atoms with van der Waals surface area (Å²) in [5.74, 6) is -1.10. The zero-order chi connectivity index (χ0) is 17.5. The lowest BCUT2D eigenvalue weighted by molar-refractivity contribution is -0.154. The highest BCUT2D eigenvalue weighted by Gasteiger charge is 2.32. The van der Waals surface area contributed by atoms with Crippen molar-refractivity contribution in [2.24, 2.45) is 0 Å². The average Bonchev–Trinajstić information content (AvgIpc) is 2.91. The van der Waals surface area contributed by atoms with E-state index >= 15 is 0 Å². The van der Waals surface area contributed by atoms with E-state index < -0.39 is 24.0 Å². The number of aromatic nitrogens is 1. The Bertz CT molecular complexity index is 811. The molecular formula is C14H7ClF3NO5. The number of rotatable bonds is 3. The molecule has 1 unspecified atom stereocenters. The molecule has 1 atom stereocenters. The zero-order valence-electron chi connectivity index (χ0n) is 11.5. The standard InChI is InChI=1S/C14H7ClF3NO5/c15-8-3-6(14(16,17)18)5-19-11(8)22-7-1-2-9-10(4-7)24-13(23-9)12(20)21/h1-5,13H,(H,20,21). The Morgan fingerprint density at radius 1 is 1.25 bits per heavy atom. The number of carbonyl (C=O) groups is 1. The molecule has 126 valence electrons. The van der Waals surface area contributed by atoms with E-state index in [1.165, 1.54) is 18.2 Å². The first kappa shape index (κ1) is 16.2. The summed E-state index contributed by atoms with van der Waals surface area (Å²) >= 11 is 5.75. The van der Waals surface area contributed by atoms with E-state index in [2.05, 4.69) is 4.98 Å². The Kier molecular flexibility index (Phi) is 3.88. The van der Waals surface area contributed by atoms with Crippen LogP contribution in [0, 0.1) is 0 Å². The summed E-state index contributed by atoms with van der Waals surface area (Å²) in [6.45, 7) is 0. The molecule has 1 aliphatic heterocycles. The van der Waals surface area contributed by atoms with Gasteiger partial charge in [-0.25, -0.2) is 9.78 Å². The van der Waals surface area contributed by atoms with E-state index in [-0.39, 0.29) is 28.2 Å². The Labute approximate surface area is 137 Å². The van der Waals surface area contributed by atoms with Crippen LogP contribution in [0.3, 0.4) is 0 Å². The average molecular weight is 362 g/mol. The minimum atomic E-state index is -4.57. The fourth-order valence-electron chi connectivity index (χ4n) is 1.86. The van der Waals surface area contributed by atoms with Crippen LogP contribution in [-0.4, -0.2) is 22.3 Å². The molecule has 3 rings (SSSR count). The number of carboxylic acids is 1. The largest absolute Gasteiger partial charge is 0.476 e. The molecule has 0 bridgehead atoms. The van der Waals surface area contributed by atoms with E-state index in [0.29, 0.717) is 12.3 Å². The van der Waals surface area contributed by atoms with Gasteiger partial charge in [0.25, 0.3) is 0 Å². The fourth-order valence-corrected chi connectivity index (χ4v) is 2.07. The van der Waals surface area contributed by atoms with Gasteiger partial charge in [0, 0.05) is 12.3 Å². The van der Waals surface area contributed by atoms with Crippen LogP contribution in [-0.2, 0) is 11.0 Å². The molecular weight excluding hydrogens is 355 g/mol. The SMILES string of the molecule is O=C(O)C1Oc2ccc(Oc3ncc(C(F)(F)F)cc3Cl)cc2O1. The zero-order valence-corrected chi connectivity index (χ0v) is 12.3. The molecule has 2 heterocycles. The number of carboxylic acid groups (broad SMARTS) is 1. The topological polar surface area (TPSA) is 77.9 Å². The van der Waals surface area contributed by atoms with Crippen LogP contribution in [0.5, 0.6) is 23.1 Å². The first-order valence-corrected chi connectivity index (χ1v) is 6.72. The Hall–Kier alpha value is -2.68. The van der Waals surface area contributed by atoms with Crippen molar-refractivity contribution in [3.8, 4) is 23.1 Å². The van der Waals surface area contributed by atoms with E-state index in [1.54, 1.807) is 0 Å². The van der Waals surface area contributed by atoms with Gasteiger partial charge in [0.1, 0.15) is 10.8 Å². The summed E-state index contributed by atoms with van der Waals surface area (Å²) in [5, 5.41) is 8.49. The molecule has 10 heteroatoms. The third-order valence-electron chi connectivity index (χ3n) is 2.93. The second kappa shape index (κ2) is 5.75. The van der Waals surface area contributed by atoms with E-state index in [9.17, 15) is 18.0 Å². The fraction of sp³-hybridized carbons (Fsp3) is 0.143. The Balaban J connectivity index is 1.81. The number of fused-ring (bicyclic) bond motifs is 1. The van der Waals surface area contributed by atoms with Gasteiger partial charge in [0.2, 0.25) is 5.88 Å². The van der Waals surface area contributed by atoms with Gasteiger partial charge in [-0.2, -0.15) is 13.2 Å².